The Bertz CT molecular complexity index is 890. The van der Waals surface area contributed by atoms with Crippen molar-refractivity contribution in [2.45, 2.75) is 43.1 Å². The molecule has 0 aromatic heterocycles. The Morgan fingerprint density at radius 2 is 2.03 bits per heavy atom. The minimum absolute atomic E-state index is 0.000583. The van der Waals surface area contributed by atoms with Crippen LogP contribution >= 0.6 is 0 Å². The van der Waals surface area contributed by atoms with E-state index in [1.165, 1.54) is 12.8 Å². The Morgan fingerprint density at radius 1 is 1.16 bits per heavy atom. The van der Waals surface area contributed by atoms with Crippen molar-refractivity contribution >= 4 is 10.0 Å². The van der Waals surface area contributed by atoms with Crippen LogP contribution in [-0.4, -0.2) is 64.4 Å². The van der Waals surface area contributed by atoms with E-state index in [9.17, 15) is 8.42 Å². The number of nitrogens with one attached hydrogen (secondary N) is 1. The van der Waals surface area contributed by atoms with E-state index in [4.69, 9.17) is 9.47 Å². The molecular weight excluding hydrogens is 412 g/mol. The zero-order valence-corrected chi connectivity index (χ0v) is 18.9. The average Bonchev–Trinajstić information content (AvgIpc) is 3.43. The highest BCUT2D eigenvalue weighted by atomic mass is 32.2. The highest BCUT2D eigenvalue weighted by molar-refractivity contribution is 7.88. The molecule has 0 radical (unpaired) electrons. The zero-order valence-electron chi connectivity index (χ0n) is 18.1. The number of hydrogen-bond donors (Lipinski definition) is 1. The molecule has 2 saturated heterocycles. The maximum Gasteiger partial charge on any atom is 0.215 e. The highest BCUT2D eigenvalue weighted by Crippen LogP contribution is 2.44. The van der Waals surface area contributed by atoms with Gasteiger partial charge in [0.15, 0.2) is 0 Å². The van der Waals surface area contributed by atoms with Crippen LogP contribution in [0.1, 0.15) is 31.2 Å². The Labute approximate surface area is 186 Å². The summed E-state index contributed by atoms with van der Waals surface area (Å²) in [5.41, 5.74) is 0.488. The van der Waals surface area contributed by atoms with Crippen LogP contribution in [0, 0.1) is 17.8 Å². The van der Waals surface area contributed by atoms with Crippen molar-refractivity contribution in [1.82, 2.24) is 9.62 Å². The van der Waals surface area contributed by atoms with Gasteiger partial charge < -0.3 is 9.47 Å². The van der Waals surface area contributed by atoms with Crippen molar-refractivity contribution < 1.29 is 17.9 Å². The number of allylic oxidation sites excluding steroid dienone is 2. The van der Waals surface area contributed by atoms with Crippen molar-refractivity contribution in [1.29, 1.82) is 0 Å². The zero-order chi connectivity index (χ0) is 21.3. The lowest BCUT2D eigenvalue weighted by Crippen LogP contribution is -2.46. The van der Waals surface area contributed by atoms with Gasteiger partial charge in [-0.3, -0.25) is 4.90 Å². The Hall–Kier alpha value is -1.25. The smallest absolute Gasteiger partial charge is 0.215 e. The largest absolute Gasteiger partial charge is 0.377 e. The Morgan fingerprint density at radius 3 is 2.81 bits per heavy atom. The second-order valence-corrected chi connectivity index (χ2v) is 11.7. The molecule has 4 aliphatic rings. The van der Waals surface area contributed by atoms with E-state index in [1.54, 1.807) is 0 Å². The van der Waals surface area contributed by atoms with Crippen LogP contribution in [0.2, 0.25) is 0 Å². The lowest BCUT2D eigenvalue weighted by molar-refractivity contribution is -0.0846. The molecule has 7 heteroatoms. The summed E-state index contributed by atoms with van der Waals surface area (Å²) in [6.45, 7) is 4.64. The number of rotatable bonds is 7. The summed E-state index contributed by atoms with van der Waals surface area (Å²) in [6, 6.07) is 9.29. The highest BCUT2D eigenvalue weighted by Gasteiger charge is 2.44. The number of ether oxygens (including phenoxy) is 2. The van der Waals surface area contributed by atoms with E-state index < -0.39 is 10.0 Å². The summed E-state index contributed by atoms with van der Waals surface area (Å²) < 4.78 is 40.1. The van der Waals surface area contributed by atoms with E-state index in [2.05, 4.69) is 21.8 Å². The molecule has 5 rings (SSSR count). The van der Waals surface area contributed by atoms with E-state index in [0.717, 1.165) is 62.4 Å². The molecule has 6 nitrogen and oxygen atoms in total. The van der Waals surface area contributed by atoms with Crippen LogP contribution in [0.5, 0.6) is 0 Å². The second kappa shape index (κ2) is 8.94. The quantitative estimate of drug-likeness (QED) is 0.652. The lowest BCUT2D eigenvalue weighted by atomic mass is 9.92. The first kappa shape index (κ1) is 21.6. The third-order valence-electron chi connectivity index (χ3n) is 7.41. The minimum atomic E-state index is -3.38. The van der Waals surface area contributed by atoms with Crippen LogP contribution < -0.4 is 4.72 Å². The van der Waals surface area contributed by atoms with Gasteiger partial charge >= 0.3 is 0 Å². The Kier molecular flexibility index (Phi) is 6.23. The van der Waals surface area contributed by atoms with Crippen LogP contribution in [0.15, 0.2) is 42.5 Å². The molecule has 170 valence electrons. The minimum Gasteiger partial charge on any atom is -0.377 e. The first-order valence-electron chi connectivity index (χ1n) is 11.7. The second-order valence-electron chi connectivity index (χ2n) is 9.88. The van der Waals surface area contributed by atoms with Crippen molar-refractivity contribution in [2.75, 3.05) is 39.4 Å². The van der Waals surface area contributed by atoms with Crippen LogP contribution in [0.3, 0.4) is 0 Å². The molecule has 2 bridgehead atoms. The summed E-state index contributed by atoms with van der Waals surface area (Å²) in [5.74, 6) is 2.30. The number of fused-ring (bicyclic) bond motifs is 2. The number of nitrogens with zero attached hydrogens (tertiary/aromatic N) is 1. The van der Waals surface area contributed by atoms with Gasteiger partial charge in [0, 0.05) is 26.2 Å². The van der Waals surface area contributed by atoms with Crippen LogP contribution in [0.25, 0.3) is 0 Å². The number of benzene rings is 1. The van der Waals surface area contributed by atoms with Crippen molar-refractivity contribution in [3.8, 4) is 0 Å². The molecule has 0 unspecified atom stereocenters. The fourth-order valence-electron chi connectivity index (χ4n) is 5.90. The first-order valence-corrected chi connectivity index (χ1v) is 13.3. The van der Waals surface area contributed by atoms with Crippen molar-refractivity contribution in [3.63, 3.8) is 0 Å². The molecule has 2 heterocycles. The van der Waals surface area contributed by atoms with Gasteiger partial charge in [-0.1, -0.05) is 42.5 Å². The Balaban J connectivity index is 1.14. The molecule has 1 saturated carbocycles. The van der Waals surface area contributed by atoms with Crippen LogP contribution in [-0.2, 0) is 25.2 Å². The van der Waals surface area contributed by atoms with E-state index >= 15 is 0 Å². The van der Waals surface area contributed by atoms with Crippen molar-refractivity contribution in [2.24, 2.45) is 17.8 Å². The van der Waals surface area contributed by atoms with Gasteiger partial charge in [0.1, 0.15) is 5.60 Å². The predicted octanol–water partition coefficient (Wildman–Crippen LogP) is 2.57. The maximum absolute atomic E-state index is 12.5. The van der Waals surface area contributed by atoms with Gasteiger partial charge in [-0.25, -0.2) is 13.1 Å². The van der Waals surface area contributed by atoms with Gasteiger partial charge in [0.05, 0.1) is 25.1 Å². The molecule has 1 aromatic carbocycles. The normalized spacial score (nSPS) is 35.7. The van der Waals surface area contributed by atoms with Gasteiger partial charge in [-0.15, -0.1) is 0 Å². The number of hydrogen-bond acceptors (Lipinski definition) is 5. The molecule has 3 fully saturated rings. The van der Waals surface area contributed by atoms with Gasteiger partial charge in [0.25, 0.3) is 0 Å². The molecule has 31 heavy (non-hydrogen) atoms. The van der Waals surface area contributed by atoms with Gasteiger partial charge in [0.2, 0.25) is 10.0 Å². The standard InChI is InChI=1S/C24H34N2O4S/c27-31(28,16-19-4-2-1-3-5-19)25-14-23-8-9-24(30-23)17-26(10-11-29-18-24)15-22-13-20-6-7-21(22)12-20/h1-7,20-23,25H,8-18H2/t20-,21+,22-,23-,24-/m0/s1. The molecule has 1 N–H and O–H groups in total. The molecule has 2 aliphatic carbocycles. The maximum atomic E-state index is 12.5. The molecule has 1 aromatic rings. The molecule has 2 aliphatic heterocycles. The molecule has 0 amide bonds. The summed E-state index contributed by atoms with van der Waals surface area (Å²) >= 11 is 0. The van der Waals surface area contributed by atoms with Gasteiger partial charge in [-0.05, 0) is 49.0 Å². The number of sulfonamides is 1. The monoisotopic (exact) mass is 446 g/mol. The predicted molar refractivity (Wildman–Crippen MR) is 120 cm³/mol. The summed E-state index contributed by atoms with van der Waals surface area (Å²) in [4.78, 5) is 2.54. The average molecular weight is 447 g/mol. The van der Waals surface area contributed by atoms with E-state index in [0.29, 0.717) is 13.2 Å². The SMILES string of the molecule is O=S(=O)(Cc1ccccc1)NC[C@@H]1CC[C@]2(COCCN(C[C@@H]3C[C@H]4C=C[C@@H]3C4)C2)O1. The fourth-order valence-corrected chi connectivity index (χ4v) is 7.08. The summed E-state index contributed by atoms with van der Waals surface area (Å²) in [5, 5.41) is 0. The lowest BCUT2D eigenvalue weighted by Gasteiger charge is -2.34. The first-order chi connectivity index (χ1) is 15.0. The van der Waals surface area contributed by atoms with Crippen molar-refractivity contribution in [3.05, 3.63) is 48.0 Å². The topological polar surface area (TPSA) is 67.9 Å². The molecule has 1 spiro atoms. The third kappa shape index (κ3) is 5.22. The summed E-state index contributed by atoms with van der Waals surface area (Å²) in [7, 11) is -3.38. The van der Waals surface area contributed by atoms with E-state index in [-0.39, 0.29) is 17.5 Å². The van der Waals surface area contributed by atoms with Crippen LogP contribution in [0.4, 0.5) is 0 Å². The molecular formula is C24H34N2O4S. The van der Waals surface area contributed by atoms with Gasteiger partial charge in [-0.2, -0.15) is 0 Å². The summed E-state index contributed by atoms with van der Waals surface area (Å²) in [6.07, 6.45) is 9.16. The third-order valence-corrected chi connectivity index (χ3v) is 8.73. The molecule has 5 atom stereocenters. The fraction of sp³-hybridized carbons (Fsp3) is 0.667. The van der Waals surface area contributed by atoms with E-state index in [1.807, 2.05) is 30.3 Å².